The number of benzene rings is 3. The average Bonchev–Trinajstić information content (AvgIpc) is 3.75. The van der Waals surface area contributed by atoms with Crippen LogP contribution in [0, 0.1) is 25.6 Å². The summed E-state index contributed by atoms with van der Waals surface area (Å²) in [6.07, 6.45) is 6.05. The Labute approximate surface area is 256 Å². The molecule has 1 fully saturated rings. The summed E-state index contributed by atoms with van der Waals surface area (Å²) < 4.78 is 31.7. The Bertz CT molecular complexity index is 1260. The fourth-order valence-corrected chi connectivity index (χ4v) is 6.16. The van der Waals surface area contributed by atoms with Gasteiger partial charge in [0, 0.05) is 5.56 Å². The Hall–Kier alpha value is -2.99. The first kappa shape index (κ1) is 33.5. The second kappa shape index (κ2) is 16.6. The van der Waals surface area contributed by atoms with E-state index in [0.29, 0.717) is 25.6 Å². The predicted octanol–water partition coefficient (Wildman–Crippen LogP) is 9.64. The van der Waals surface area contributed by atoms with E-state index in [-0.39, 0.29) is 11.9 Å². The molecule has 0 N–H and O–H groups in total. The van der Waals surface area contributed by atoms with Gasteiger partial charge in [0.1, 0.15) is 23.4 Å². The van der Waals surface area contributed by atoms with Crippen LogP contribution in [0.25, 0.3) is 11.1 Å². The van der Waals surface area contributed by atoms with E-state index in [2.05, 4.69) is 56.0 Å². The monoisotopic (exact) mass is 594 g/mol. The molecule has 2 aliphatic carbocycles. The van der Waals surface area contributed by atoms with Gasteiger partial charge in [-0.05, 0) is 134 Å². The maximum Gasteiger partial charge on any atom is 0.293 e. The van der Waals surface area contributed by atoms with Gasteiger partial charge in [0.2, 0.25) is 0 Å². The van der Waals surface area contributed by atoms with Crippen molar-refractivity contribution in [3.8, 4) is 22.6 Å². The van der Waals surface area contributed by atoms with Crippen LogP contribution in [0.2, 0.25) is 0 Å². The van der Waals surface area contributed by atoms with E-state index < -0.39 is 0 Å². The van der Waals surface area contributed by atoms with Crippen LogP contribution in [0.4, 0.5) is 4.39 Å². The number of ether oxygens (including phenoxy) is 3. The van der Waals surface area contributed by atoms with Gasteiger partial charge in [-0.25, -0.2) is 4.39 Å². The fraction of sp³-hybridized carbons (Fsp3) is 0.472. The van der Waals surface area contributed by atoms with E-state index in [1.54, 1.807) is 13.0 Å². The lowest BCUT2D eigenvalue weighted by atomic mass is 9.90. The van der Waals surface area contributed by atoms with Crippen molar-refractivity contribution < 1.29 is 23.4 Å². The van der Waals surface area contributed by atoms with Gasteiger partial charge in [0.25, 0.3) is 6.47 Å². The standard InChI is InChI=1S/C31H35FO2S.C3H6O2.C2H6/c1-19(18-35-4)17-33-25-15-20(2)30(21(3)16-25)26-11-13-28(32)31-27(26)12-14-29(31)34-24-9-7-23(8-10-24)22-5-6-22;1-2-5-3-4;1-2/h7-11,13,15-16,19,22,29H,5-6,12,14,17-18H2,1-4H3;3H,2H2,1H3;1-2H3. The van der Waals surface area contributed by atoms with Gasteiger partial charge in [0.15, 0.2) is 0 Å². The first-order valence-corrected chi connectivity index (χ1v) is 16.6. The third-order valence-electron chi connectivity index (χ3n) is 7.49. The number of rotatable bonds is 11. The molecule has 0 amide bonds. The minimum Gasteiger partial charge on any atom is -0.493 e. The van der Waals surface area contributed by atoms with Crippen molar-refractivity contribution in [2.75, 3.05) is 25.2 Å². The number of hydrogen-bond donors (Lipinski definition) is 0. The van der Waals surface area contributed by atoms with Crippen molar-refractivity contribution in [3.63, 3.8) is 0 Å². The number of carbonyl (C=O) groups is 1. The molecular formula is C36H47FO4S. The summed E-state index contributed by atoms with van der Waals surface area (Å²) in [6, 6.07) is 16.2. The fourth-order valence-electron chi connectivity index (χ4n) is 5.50. The Balaban J connectivity index is 0.000000627. The molecule has 2 aliphatic rings. The molecule has 228 valence electrons. The zero-order valence-electron chi connectivity index (χ0n) is 26.3. The quantitative estimate of drug-likeness (QED) is 0.207. The van der Waals surface area contributed by atoms with Crippen molar-refractivity contribution in [1.82, 2.24) is 0 Å². The molecule has 0 spiro atoms. The smallest absolute Gasteiger partial charge is 0.293 e. The van der Waals surface area contributed by atoms with Crippen LogP contribution < -0.4 is 9.47 Å². The SMILES string of the molecule is CC.CCOC=O.CSCC(C)COc1cc(C)c(-c2ccc(F)c3c2CCC3Oc2ccc(C3CC3)cc2)c(C)c1. The minimum absolute atomic E-state index is 0.168. The average molecular weight is 595 g/mol. The van der Waals surface area contributed by atoms with Crippen LogP contribution in [-0.2, 0) is 16.0 Å². The highest BCUT2D eigenvalue weighted by molar-refractivity contribution is 7.98. The number of halogens is 1. The summed E-state index contributed by atoms with van der Waals surface area (Å²) in [5, 5.41) is 0. The highest BCUT2D eigenvalue weighted by atomic mass is 32.2. The van der Waals surface area contributed by atoms with Crippen LogP contribution in [0.15, 0.2) is 48.5 Å². The van der Waals surface area contributed by atoms with Gasteiger partial charge >= 0.3 is 0 Å². The van der Waals surface area contributed by atoms with E-state index in [0.717, 1.165) is 63.8 Å². The molecule has 1 saturated carbocycles. The molecule has 3 aromatic rings. The molecule has 3 aromatic carbocycles. The minimum atomic E-state index is -0.252. The second-order valence-electron chi connectivity index (χ2n) is 10.8. The zero-order chi connectivity index (χ0) is 30.6. The highest BCUT2D eigenvalue weighted by Gasteiger charge is 2.31. The third-order valence-corrected chi connectivity index (χ3v) is 8.39. The van der Waals surface area contributed by atoms with E-state index in [1.165, 1.54) is 24.0 Å². The predicted molar refractivity (Wildman–Crippen MR) is 173 cm³/mol. The molecule has 5 rings (SSSR count). The van der Waals surface area contributed by atoms with Crippen LogP contribution >= 0.6 is 11.8 Å². The summed E-state index contributed by atoms with van der Waals surface area (Å²) in [4.78, 5) is 9.18. The van der Waals surface area contributed by atoms with Crippen LogP contribution in [0.5, 0.6) is 11.5 Å². The van der Waals surface area contributed by atoms with E-state index >= 15 is 4.39 Å². The maximum atomic E-state index is 15.1. The molecule has 4 nitrogen and oxygen atoms in total. The lowest BCUT2D eigenvalue weighted by Crippen LogP contribution is -2.11. The van der Waals surface area contributed by atoms with Gasteiger partial charge in [-0.1, -0.05) is 39.0 Å². The summed E-state index contributed by atoms with van der Waals surface area (Å²) in [6.45, 7) is 13.8. The van der Waals surface area contributed by atoms with Gasteiger partial charge in [-0.2, -0.15) is 11.8 Å². The van der Waals surface area contributed by atoms with Crippen molar-refractivity contribution in [3.05, 3.63) is 82.2 Å². The Kier molecular flexibility index (Phi) is 13.2. The Morgan fingerprint density at radius 1 is 1.00 bits per heavy atom. The summed E-state index contributed by atoms with van der Waals surface area (Å²) in [5.41, 5.74) is 7.80. The normalized spacial score (nSPS) is 15.8. The first-order chi connectivity index (χ1) is 20.4. The lowest BCUT2D eigenvalue weighted by Gasteiger charge is -2.19. The number of hydrogen-bond acceptors (Lipinski definition) is 5. The van der Waals surface area contributed by atoms with Gasteiger partial charge in [-0.3, -0.25) is 4.79 Å². The molecule has 0 aromatic heterocycles. The van der Waals surface area contributed by atoms with E-state index in [1.807, 2.05) is 43.8 Å². The second-order valence-corrected chi connectivity index (χ2v) is 11.7. The third kappa shape index (κ3) is 8.76. The molecular weight excluding hydrogens is 547 g/mol. The number of fused-ring (bicyclic) bond motifs is 1. The van der Waals surface area contributed by atoms with Gasteiger partial charge in [-0.15, -0.1) is 0 Å². The van der Waals surface area contributed by atoms with Crippen molar-refractivity contribution in [1.29, 1.82) is 0 Å². The molecule has 0 radical (unpaired) electrons. The van der Waals surface area contributed by atoms with Gasteiger partial charge in [0.05, 0.1) is 13.2 Å². The molecule has 0 aliphatic heterocycles. The Morgan fingerprint density at radius 3 is 2.21 bits per heavy atom. The molecule has 6 heteroatoms. The molecule has 0 heterocycles. The molecule has 2 atom stereocenters. The summed E-state index contributed by atoms with van der Waals surface area (Å²) in [5.74, 6) is 3.88. The molecule has 42 heavy (non-hydrogen) atoms. The Morgan fingerprint density at radius 2 is 1.67 bits per heavy atom. The van der Waals surface area contributed by atoms with Crippen LogP contribution in [0.3, 0.4) is 0 Å². The van der Waals surface area contributed by atoms with Crippen LogP contribution in [0.1, 0.15) is 86.8 Å². The largest absolute Gasteiger partial charge is 0.493 e. The van der Waals surface area contributed by atoms with Crippen molar-refractivity contribution in [2.24, 2.45) is 5.92 Å². The number of thioether (sulfide) groups is 1. The number of carbonyl (C=O) groups excluding carboxylic acids is 1. The first-order valence-electron chi connectivity index (χ1n) is 15.2. The number of aryl methyl sites for hydroxylation is 2. The van der Waals surface area contributed by atoms with Gasteiger partial charge < -0.3 is 14.2 Å². The molecule has 0 bridgehead atoms. The summed E-state index contributed by atoms with van der Waals surface area (Å²) >= 11 is 1.85. The van der Waals surface area contributed by atoms with E-state index in [4.69, 9.17) is 9.47 Å². The highest BCUT2D eigenvalue weighted by Crippen LogP contribution is 2.44. The maximum absolute atomic E-state index is 15.1. The van der Waals surface area contributed by atoms with Crippen molar-refractivity contribution >= 4 is 18.2 Å². The van der Waals surface area contributed by atoms with E-state index in [9.17, 15) is 4.79 Å². The zero-order valence-corrected chi connectivity index (χ0v) is 27.1. The topological polar surface area (TPSA) is 44.8 Å². The van der Waals surface area contributed by atoms with Crippen LogP contribution in [-0.4, -0.2) is 31.7 Å². The lowest BCUT2D eigenvalue weighted by molar-refractivity contribution is -0.128. The molecule has 2 unspecified atom stereocenters. The summed E-state index contributed by atoms with van der Waals surface area (Å²) in [7, 11) is 0. The van der Waals surface area contributed by atoms with Crippen molar-refractivity contribution in [2.45, 2.75) is 79.2 Å². The molecule has 0 saturated heterocycles.